The molecule has 0 saturated carbocycles. The first-order valence-corrected chi connectivity index (χ1v) is 14.9. The molecule has 7 heteroatoms. The van der Waals surface area contributed by atoms with E-state index in [1.165, 1.54) is 6.08 Å². The highest BCUT2D eigenvalue weighted by atomic mass is 16.2. The average Bonchev–Trinajstić information content (AvgIpc) is 3.01. The highest BCUT2D eigenvalue weighted by molar-refractivity contribution is 6.09. The van der Waals surface area contributed by atoms with Crippen molar-refractivity contribution in [2.75, 3.05) is 34.8 Å². The summed E-state index contributed by atoms with van der Waals surface area (Å²) in [4.78, 5) is 43.6. The van der Waals surface area contributed by atoms with Gasteiger partial charge in [0.2, 0.25) is 5.91 Å². The van der Waals surface area contributed by atoms with Crippen molar-refractivity contribution in [2.24, 2.45) is 5.92 Å². The molecule has 1 aromatic heterocycles. The van der Waals surface area contributed by atoms with Crippen molar-refractivity contribution >= 4 is 35.0 Å². The first-order valence-electron chi connectivity index (χ1n) is 14.9. The molecule has 2 bridgehead atoms. The van der Waals surface area contributed by atoms with Crippen molar-refractivity contribution in [1.29, 1.82) is 0 Å². The van der Waals surface area contributed by atoms with Crippen LogP contribution in [0.4, 0.5) is 17.1 Å². The number of nitrogens with zero attached hydrogens (tertiary/aromatic N) is 3. The molecule has 2 aliphatic heterocycles. The average molecular weight is 573 g/mol. The summed E-state index contributed by atoms with van der Waals surface area (Å²) in [7, 11) is 0. The Balaban J connectivity index is 1.33. The second kappa shape index (κ2) is 12.1. The number of pyridine rings is 1. The van der Waals surface area contributed by atoms with Crippen molar-refractivity contribution < 1.29 is 9.59 Å². The van der Waals surface area contributed by atoms with Crippen LogP contribution < -0.4 is 20.7 Å². The summed E-state index contributed by atoms with van der Waals surface area (Å²) in [5.41, 5.74) is 5.93. The molecule has 4 aromatic rings. The topological polar surface area (TPSA) is 74.7 Å². The fourth-order valence-electron chi connectivity index (χ4n) is 6.44. The van der Waals surface area contributed by atoms with Gasteiger partial charge >= 0.3 is 0 Å². The Labute approximate surface area is 252 Å². The molecule has 1 saturated heterocycles. The number of amides is 2. The molecule has 0 spiro atoms. The lowest BCUT2D eigenvalue weighted by atomic mass is 9.83. The van der Waals surface area contributed by atoms with Gasteiger partial charge in [-0.05, 0) is 79.8 Å². The van der Waals surface area contributed by atoms with Crippen LogP contribution in [0.15, 0.2) is 102 Å². The number of rotatable bonds is 7. The van der Waals surface area contributed by atoms with E-state index in [9.17, 15) is 14.4 Å². The van der Waals surface area contributed by atoms with Gasteiger partial charge in [-0.3, -0.25) is 14.4 Å². The number of piperidine rings is 1. The van der Waals surface area contributed by atoms with Crippen molar-refractivity contribution in [3.05, 3.63) is 130 Å². The molecular formula is C36H36N4O3. The standard InChI is InChI=1S/C36H36N4O3/c1-3-39(30-12-7-9-25(2)19-30)36(43)28-16-17-33(31(21-28)37-34(41)18-15-26-10-5-4-6-11-26)38-22-27-20-29(24-38)32-13-8-14-35(42)40(32)23-27/h4-19,21,27,29H,3,20,22-24H2,1-2H3,(H,37,41). The van der Waals surface area contributed by atoms with Gasteiger partial charge in [-0.15, -0.1) is 0 Å². The highest BCUT2D eigenvalue weighted by Crippen LogP contribution is 2.39. The maximum Gasteiger partial charge on any atom is 0.258 e. The van der Waals surface area contributed by atoms with Gasteiger partial charge in [-0.1, -0.05) is 48.5 Å². The zero-order valence-electron chi connectivity index (χ0n) is 24.6. The lowest BCUT2D eigenvalue weighted by Crippen LogP contribution is -2.47. The molecule has 2 amide bonds. The minimum atomic E-state index is -0.269. The Morgan fingerprint density at radius 1 is 0.930 bits per heavy atom. The van der Waals surface area contributed by atoms with Crippen LogP contribution in [-0.4, -0.2) is 36.0 Å². The van der Waals surface area contributed by atoms with E-state index >= 15 is 0 Å². The number of hydrogen-bond acceptors (Lipinski definition) is 4. The van der Waals surface area contributed by atoms with Crippen LogP contribution in [0, 0.1) is 12.8 Å². The van der Waals surface area contributed by atoms with Gasteiger partial charge in [-0.2, -0.15) is 0 Å². The maximum atomic E-state index is 13.8. The summed E-state index contributed by atoms with van der Waals surface area (Å²) in [6.45, 7) is 6.65. The minimum Gasteiger partial charge on any atom is -0.369 e. The van der Waals surface area contributed by atoms with E-state index in [0.717, 1.165) is 47.7 Å². The summed E-state index contributed by atoms with van der Waals surface area (Å²) in [5.74, 6) is 0.126. The van der Waals surface area contributed by atoms with Crippen LogP contribution in [0.2, 0.25) is 0 Å². The molecule has 7 nitrogen and oxygen atoms in total. The molecule has 1 N–H and O–H groups in total. The van der Waals surface area contributed by atoms with Crippen LogP contribution in [0.1, 0.15) is 46.4 Å². The van der Waals surface area contributed by atoms with E-state index in [1.807, 2.05) is 91.2 Å². The zero-order chi connectivity index (χ0) is 29.9. The number of aromatic nitrogens is 1. The highest BCUT2D eigenvalue weighted by Gasteiger charge is 2.35. The first kappa shape index (κ1) is 28.2. The third kappa shape index (κ3) is 6.02. The number of nitrogens with one attached hydrogen (secondary N) is 1. The monoisotopic (exact) mass is 572 g/mol. The molecule has 2 aliphatic rings. The van der Waals surface area contributed by atoms with Gasteiger partial charge in [0, 0.05) is 61.2 Å². The molecule has 6 rings (SSSR count). The Bertz CT molecular complexity index is 1740. The molecule has 43 heavy (non-hydrogen) atoms. The number of benzene rings is 3. The molecule has 0 radical (unpaired) electrons. The SMILES string of the molecule is CCN(C(=O)c1ccc(N2CC3CC(C2)c2cccc(=O)n2C3)c(NC(=O)C=Cc2ccccc2)c1)c1cccc(C)c1. The van der Waals surface area contributed by atoms with Crippen LogP contribution in [-0.2, 0) is 11.3 Å². The van der Waals surface area contributed by atoms with E-state index in [0.29, 0.717) is 30.3 Å². The predicted octanol–water partition coefficient (Wildman–Crippen LogP) is 6.10. The molecule has 2 atom stereocenters. The quantitative estimate of drug-likeness (QED) is 0.272. The molecular weight excluding hydrogens is 536 g/mol. The Morgan fingerprint density at radius 2 is 1.74 bits per heavy atom. The van der Waals surface area contributed by atoms with E-state index in [-0.39, 0.29) is 23.3 Å². The molecule has 3 aromatic carbocycles. The van der Waals surface area contributed by atoms with E-state index in [1.54, 1.807) is 23.1 Å². The van der Waals surface area contributed by atoms with Crippen molar-refractivity contribution in [1.82, 2.24) is 4.57 Å². The number of carbonyl (C=O) groups excluding carboxylic acids is 2. The lowest BCUT2D eigenvalue weighted by molar-refractivity contribution is -0.111. The van der Waals surface area contributed by atoms with Crippen LogP contribution in [0.25, 0.3) is 6.08 Å². The minimum absolute atomic E-state index is 0.0516. The van der Waals surface area contributed by atoms with Crippen molar-refractivity contribution in [3.63, 3.8) is 0 Å². The second-order valence-electron chi connectivity index (χ2n) is 11.5. The first-order chi connectivity index (χ1) is 20.9. The van der Waals surface area contributed by atoms with Gasteiger partial charge in [0.15, 0.2) is 0 Å². The van der Waals surface area contributed by atoms with Gasteiger partial charge < -0.3 is 19.7 Å². The van der Waals surface area contributed by atoms with Crippen molar-refractivity contribution in [3.8, 4) is 0 Å². The molecule has 218 valence electrons. The number of anilines is 3. The Hall–Kier alpha value is -4.91. The van der Waals surface area contributed by atoms with Crippen LogP contribution >= 0.6 is 0 Å². The van der Waals surface area contributed by atoms with Gasteiger partial charge in [0.05, 0.1) is 11.4 Å². The number of hydrogen-bond donors (Lipinski definition) is 1. The maximum absolute atomic E-state index is 13.8. The molecule has 3 heterocycles. The van der Waals surface area contributed by atoms with Crippen molar-refractivity contribution in [2.45, 2.75) is 32.7 Å². The largest absolute Gasteiger partial charge is 0.369 e. The van der Waals surface area contributed by atoms with Gasteiger partial charge in [-0.25, -0.2) is 0 Å². The second-order valence-corrected chi connectivity index (χ2v) is 11.5. The third-order valence-corrected chi connectivity index (χ3v) is 8.42. The fraction of sp³-hybridized carbons (Fsp3) is 0.250. The third-order valence-electron chi connectivity index (χ3n) is 8.42. The predicted molar refractivity (Wildman–Crippen MR) is 173 cm³/mol. The van der Waals surface area contributed by atoms with E-state index in [2.05, 4.69) is 16.3 Å². The van der Waals surface area contributed by atoms with Crippen LogP contribution in [0.3, 0.4) is 0 Å². The van der Waals surface area contributed by atoms with Gasteiger partial charge in [0.1, 0.15) is 0 Å². The van der Waals surface area contributed by atoms with Gasteiger partial charge in [0.25, 0.3) is 11.5 Å². The number of aryl methyl sites for hydroxylation is 1. The molecule has 0 aliphatic carbocycles. The van der Waals surface area contributed by atoms with Crippen LogP contribution in [0.5, 0.6) is 0 Å². The molecule has 1 fully saturated rings. The summed E-state index contributed by atoms with van der Waals surface area (Å²) in [5, 5.41) is 3.08. The summed E-state index contributed by atoms with van der Waals surface area (Å²) in [6.07, 6.45) is 4.33. The van der Waals surface area contributed by atoms with E-state index < -0.39 is 0 Å². The zero-order valence-corrected chi connectivity index (χ0v) is 24.6. The van der Waals surface area contributed by atoms with E-state index in [4.69, 9.17) is 0 Å². The lowest BCUT2D eigenvalue weighted by Gasteiger charge is -2.44. The Kier molecular flexibility index (Phi) is 7.97. The summed E-state index contributed by atoms with van der Waals surface area (Å²) >= 11 is 0. The number of carbonyl (C=O) groups is 2. The number of fused-ring (bicyclic) bond motifs is 4. The Morgan fingerprint density at radius 3 is 2.53 bits per heavy atom. The summed E-state index contributed by atoms with van der Waals surface area (Å²) in [6, 6.07) is 28.7. The fourth-order valence-corrected chi connectivity index (χ4v) is 6.44. The smallest absolute Gasteiger partial charge is 0.258 e. The summed E-state index contributed by atoms with van der Waals surface area (Å²) < 4.78 is 1.92. The molecule has 2 unspecified atom stereocenters. The normalized spacial score (nSPS) is 17.4.